The Morgan fingerprint density at radius 2 is 2.14 bits per heavy atom. The van der Waals surface area contributed by atoms with Crippen molar-refractivity contribution >= 4 is 11.8 Å². The minimum absolute atomic E-state index is 0.0290. The largest absolute Gasteiger partial charge is 0.488 e. The van der Waals surface area contributed by atoms with Gasteiger partial charge >= 0.3 is 6.09 Å². The van der Waals surface area contributed by atoms with Crippen LogP contribution in [0, 0.1) is 0 Å². The van der Waals surface area contributed by atoms with Crippen LogP contribution in [-0.2, 0) is 11.2 Å². The summed E-state index contributed by atoms with van der Waals surface area (Å²) >= 11 is 0. The van der Waals surface area contributed by atoms with E-state index in [-0.39, 0.29) is 6.10 Å². The van der Waals surface area contributed by atoms with Crippen LogP contribution in [0.5, 0.6) is 5.75 Å². The highest BCUT2D eigenvalue weighted by molar-refractivity contribution is 5.67. The van der Waals surface area contributed by atoms with Crippen molar-refractivity contribution in [2.75, 3.05) is 11.9 Å². The molecule has 22 heavy (non-hydrogen) atoms. The van der Waals surface area contributed by atoms with Crippen LogP contribution in [0.4, 0.5) is 10.5 Å². The Labute approximate surface area is 131 Å². The van der Waals surface area contributed by atoms with Crippen LogP contribution in [0.15, 0.2) is 18.2 Å². The molecule has 1 atom stereocenters. The molecule has 1 aliphatic carbocycles. The first-order valence-corrected chi connectivity index (χ1v) is 7.92. The fraction of sp³-hybridized carbons (Fsp3) is 0.588. The van der Waals surface area contributed by atoms with Crippen molar-refractivity contribution < 1.29 is 14.3 Å². The summed E-state index contributed by atoms with van der Waals surface area (Å²) < 4.78 is 11.1. The van der Waals surface area contributed by atoms with Gasteiger partial charge in [0, 0.05) is 18.2 Å². The number of alkyl carbamates (subject to hydrolysis) is 1. The molecule has 0 spiro atoms. The van der Waals surface area contributed by atoms with Gasteiger partial charge in [0.05, 0.1) is 6.54 Å². The van der Waals surface area contributed by atoms with Gasteiger partial charge in [-0.25, -0.2) is 4.79 Å². The van der Waals surface area contributed by atoms with E-state index in [1.807, 2.05) is 26.8 Å². The van der Waals surface area contributed by atoms with Gasteiger partial charge in [-0.15, -0.1) is 0 Å². The molecule has 1 aromatic rings. The molecule has 0 bridgehead atoms. The van der Waals surface area contributed by atoms with Crippen LogP contribution in [0.3, 0.4) is 0 Å². The number of amides is 1. The van der Waals surface area contributed by atoms with E-state index in [9.17, 15) is 4.79 Å². The second-order valence-corrected chi connectivity index (χ2v) is 7.07. The molecule has 0 radical (unpaired) electrons. The average molecular weight is 304 g/mol. The number of ether oxygens (including phenoxy) is 2. The lowest BCUT2D eigenvalue weighted by molar-refractivity contribution is 0.0506. The molecule has 2 aliphatic rings. The molecule has 1 aromatic carbocycles. The fourth-order valence-electron chi connectivity index (χ4n) is 2.50. The van der Waals surface area contributed by atoms with Gasteiger partial charge in [0.1, 0.15) is 17.5 Å². The van der Waals surface area contributed by atoms with Crippen molar-refractivity contribution in [2.45, 2.75) is 57.8 Å². The Morgan fingerprint density at radius 3 is 2.82 bits per heavy atom. The molecule has 120 valence electrons. The molecule has 1 unspecified atom stereocenters. The van der Waals surface area contributed by atoms with Crippen LogP contribution in [-0.4, -0.2) is 30.4 Å². The lowest BCUT2D eigenvalue weighted by Gasteiger charge is -2.20. The average Bonchev–Trinajstić information content (AvgIpc) is 3.12. The monoisotopic (exact) mass is 304 g/mol. The SMILES string of the molecule is CC(C)(C)OC(=O)NCC1Cc2cc(NC3CC3)ccc2O1. The quantitative estimate of drug-likeness (QED) is 0.897. The van der Waals surface area contributed by atoms with E-state index in [2.05, 4.69) is 22.8 Å². The molecular weight excluding hydrogens is 280 g/mol. The topological polar surface area (TPSA) is 59.6 Å². The highest BCUT2D eigenvalue weighted by atomic mass is 16.6. The standard InChI is InChI=1S/C17H24N2O3/c1-17(2,3)22-16(20)18-10-14-9-11-8-13(19-12-4-5-12)6-7-15(11)21-14/h6-8,12,14,19H,4-5,9-10H2,1-3H3,(H,18,20). The first-order chi connectivity index (χ1) is 10.4. The summed E-state index contributed by atoms with van der Waals surface area (Å²) in [6.07, 6.45) is 2.90. The number of rotatable bonds is 4. The van der Waals surface area contributed by atoms with Gasteiger partial charge in [-0.1, -0.05) is 0 Å². The first-order valence-electron chi connectivity index (χ1n) is 7.92. The number of benzene rings is 1. The predicted octanol–water partition coefficient (Wildman–Crippen LogP) is 3.09. The summed E-state index contributed by atoms with van der Waals surface area (Å²) in [7, 11) is 0. The van der Waals surface area contributed by atoms with E-state index in [0.717, 1.165) is 17.9 Å². The normalized spacial score (nSPS) is 20.0. The molecule has 3 rings (SSSR count). The summed E-state index contributed by atoms with van der Waals surface area (Å²) in [5, 5.41) is 6.26. The molecule has 0 aromatic heterocycles. The third-order valence-electron chi connectivity index (χ3n) is 3.62. The Morgan fingerprint density at radius 1 is 1.36 bits per heavy atom. The van der Waals surface area contributed by atoms with Crippen molar-refractivity contribution in [1.82, 2.24) is 5.32 Å². The lowest BCUT2D eigenvalue weighted by Crippen LogP contribution is -2.38. The third kappa shape index (κ3) is 4.06. The van der Waals surface area contributed by atoms with E-state index in [1.165, 1.54) is 18.4 Å². The maximum atomic E-state index is 11.7. The molecule has 1 aliphatic heterocycles. The number of carbonyl (C=O) groups excluding carboxylic acids is 1. The van der Waals surface area contributed by atoms with Gasteiger partial charge < -0.3 is 20.1 Å². The number of anilines is 1. The van der Waals surface area contributed by atoms with E-state index in [4.69, 9.17) is 9.47 Å². The van der Waals surface area contributed by atoms with Crippen molar-refractivity contribution in [3.05, 3.63) is 23.8 Å². The molecular formula is C17H24N2O3. The second-order valence-electron chi connectivity index (χ2n) is 7.07. The Kier molecular flexibility index (Phi) is 3.89. The number of fused-ring (bicyclic) bond motifs is 1. The molecule has 1 saturated carbocycles. The zero-order chi connectivity index (χ0) is 15.7. The van der Waals surface area contributed by atoms with Crippen molar-refractivity contribution in [2.24, 2.45) is 0 Å². The molecule has 1 fully saturated rings. The van der Waals surface area contributed by atoms with Gasteiger partial charge in [0.2, 0.25) is 0 Å². The number of nitrogens with one attached hydrogen (secondary N) is 2. The van der Waals surface area contributed by atoms with Crippen LogP contribution < -0.4 is 15.4 Å². The third-order valence-corrected chi connectivity index (χ3v) is 3.62. The summed E-state index contributed by atoms with van der Waals surface area (Å²) in [4.78, 5) is 11.7. The number of carbonyl (C=O) groups is 1. The Bertz CT molecular complexity index is 562. The first kappa shape index (κ1) is 15.0. The van der Waals surface area contributed by atoms with Gasteiger partial charge in [0.25, 0.3) is 0 Å². The highest BCUT2D eigenvalue weighted by Crippen LogP contribution is 2.33. The zero-order valence-corrected chi connectivity index (χ0v) is 13.4. The maximum Gasteiger partial charge on any atom is 0.407 e. The minimum Gasteiger partial charge on any atom is -0.488 e. The highest BCUT2D eigenvalue weighted by Gasteiger charge is 2.26. The minimum atomic E-state index is -0.479. The van der Waals surface area contributed by atoms with Gasteiger partial charge in [-0.3, -0.25) is 0 Å². The Balaban J connectivity index is 1.50. The summed E-state index contributed by atoms with van der Waals surface area (Å²) in [5.41, 5.74) is 1.87. The molecule has 2 N–H and O–H groups in total. The number of hydrogen-bond acceptors (Lipinski definition) is 4. The van der Waals surface area contributed by atoms with Crippen molar-refractivity contribution in [3.63, 3.8) is 0 Å². The molecule has 0 saturated heterocycles. The number of hydrogen-bond donors (Lipinski definition) is 2. The second kappa shape index (κ2) is 5.71. The summed E-state index contributed by atoms with van der Waals surface area (Å²) in [6.45, 7) is 6.00. The van der Waals surface area contributed by atoms with Gasteiger partial charge in [-0.05, 0) is 57.4 Å². The van der Waals surface area contributed by atoms with E-state index < -0.39 is 11.7 Å². The molecule has 5 heteroatoms. The predicted molar refractivity (Wildman–Crippen MR) is 85.4 cm³/mol. The molecule has 5 nitrogen and oxygen atoms in total. The summed E-state index contributed by atoms with van der Waals surface area (Å²) in [6, 6.07) is 6.86. The van der Waals surface area contributed by atoms with E-state index >= 15 is 0 Å². The van der Waals surface area contributed by atoms with Gasteiger partial charge in [0.15, 0.2) is 0 Å². The Hall–Kier alpha value is -1.91. The van der Waals surface area contributed by atoms with Crippen LogP contribution in [0.2, 0.25) is 0 Å². The maximum absolute atomic E-state index is 11.7. The van der Waals surface area contributed by atoms with E-state index in [0.29, 0.717) is 12.6 Å². The van der Waals surface area contributed by atoms with Crippen LogP contribution in [0.1, 0.15) is 39.2 Å². The zero-order valence-electron chi connectivity index (χ0n) is 13.4. The van der Waals surface area contributed by atoms with Crippen molar-refractivity contribution in [1.29, 1.82) is 0 Å². The summed E-state index contributed by atoms with van der Waals surface area (Å²) in [5.74, 6) is 0.914. The molecule has 1 heterocycles. The van der Waals surface area contributed by atoms with E-state index in [1.54, 1.807) is 0 Å². The smallest absolute Gasteiger partial charge is 0.407 e. The van der Waals surface area contributed by atoms with Gasteiger partial charge in [-0.2, -0.15) is 0 Å². The fourth-order valence-corrected chi connectivity index (χ4v) is 2.50. The van der Waals surface area contributed by atoms with Crippen LogP contribution >= 0.6 is 0 Å². The van der Waals surface area contributed by atoms with Crippen LogP contribution in [0.25, 0.3) is 0 Å². The molecule has 1 amide bonds. The van der Waals surface area contributed by atoms with Crippen molar-refractivity contribution in [3.8, 4) is 5.75 Å². The lowest BCUT2D eigenvalue weighted by atomic mass is 10.1.